The van der Waals surface area contributed by atoms with Crippen LogP contribution in [0.3, 0.4) is 0 Å². The molecule has 0 bridgehead atoms. The average molecular weight is 307 g/mol. The van der Waals surface area contributed by atoms with Crippen LogP contribution in [-0.4, -0.2) is 17.8 Å². The van der Waals surface area contributed by atoms with Gasteiger partial charge in [-0.3, -0.25) is 0 Å². The van der Waals surface area contributed by atoms with E-state index in [-0.39, 0.29) is 6.61 Å². The van der Waals surface area contributed by atoms with Crippen molar-refractivity contribution in [3.05, 3.63) is 10.4 Å². The van der Waals surface area contributed by atoms with E-state index in [9.17, 15) is 0 Å². The number of aliphatic hydroxyl groups excluding tert-OH is 1. The first-order valence-corrected chi connectivity index (χ1v) is 8.96. The molecule has 0 unspecified atom stereocenters. The summed E-state index contributed by atoms with van der Waals surface area (Å²) in [4.78, 5) is 2.69. The number of azide groups is 1. The maximum Gasteiger partial charge on any atom is 0.0714 e. The van der Waals surface area contributed by atoms with Gasteiger partial charge in [-0.25, -0.2) is 0 Å². The molecule has 126 valence electrons. The van der Waals surface area contributed by atoms with Crippen LogP contribution in [0.2, 0.25) is 0 Å². The van der Waals surface area contributed by atoms with Gasteiger partial charge in [0.15, 0.2) is 0 Å². The van der Waals surface area contributed by atoms with Crippen molar-refractivity contribution in [2.45, 2.75) is 96.4 Å². The lowest BCUT2D eigenvalue weighted by Crippen LogP contribution is -2.07. The molecule has 0 heterocycles. The van der Waals surface area contributed by atoms with Crippen LogP contribution in [0, 0.1) is 11.8 Å². The number of unbranched alkanes of at least 4 members (excludes halogenated alkanes) is 11. The quantitative estimate of drug-likeness (QED) is 0.143. The summed E-state index contributed by atoms with van der Waals surface area (Å²) in [7, 11) is 0. The molecule has 0 aliphatic rings. The molecule has 4 nitrogen and oxygen atoms in total. The van der Waals surface area contributed by atoms with Crippen molar-refractivity contribution >= 4 is 0 Å². The van der Waals surface area contributed by atoms with E-state index in [1.54, 1.807) is 0 Å². The summed E-state index contributed by atoms with van der Waals surface area (Å²) in [6.45, 7) is 2.13. The molecule has 4 heteroatoms. The summed E-state index contributed by atoms with van der Waals surface area (Å²) in [6.07, 6.45) is 16.1. The average Bonchev–Trinajstić information content (AvgIpc) is 2.54. The van der Waals surface area contributed by atoms with Gasteiger partial charge in [0.1, 0.15) is 0 Å². The Morgan fingerprint density at radius 3 is 1.95 bits per heavy atom. The molecular formula is C18H33N3O. The Kier molecular flexibility index (Phi) is 16.9. The van der Waals surface area contributed by atoms with Crippen LogP contribution in [0.15, 0.2) is 5.11 Å². The minimum absolute atomic E-state index is 0.128. The van der Waals surface area contributed by atoms with Gasteiger partial charge in [-0.1, -0.05) is 76.2 Å². The molecule has 22 heavy (non-hydrogen) atoms. The Labute approximate surface area is 136 Å². The molecule has 1 atom stereocenters. The second-order valence-electron chi connectivity index (χ2n) is 5.88. The lowest BCUT2D eigenvalue weighted by atomic mass is 10.1. The third-order valence-corrected chi connectivity index (χ3v) is 3.79. The fourth-order valence-electron chi connectivity index (χ4n) is 2.37. The zero-order chi connectivity index (χ0) is 16.3. The van der Waals surface area contributed by atoms with Gasteiger partial charge in [0, 0.05) is 17.8 Å². The van der Waals surface area contributed by atoms with Crippen molar-refractivity contribution in [2.24, 2.45) is 5.11 Å². The summed E-state index contributed by atoms with van der Waals surface area (Å²) < 4.78 is 0. The van der Waals surface area contributed by atoms with Crippen LogP contribution in [0.25, 0.3) is 10.4 Å². The Morgan fingerprint density at radius 2 is 1.45 bits per heavy atom. The van der Waals surface area contributed by atoms with Crippen molar-refractivity contribution in [2.75, 3.05) is 6.61 Å². The van der Waals surface area contributed by atoms with E-state index < -0.39 is 6.04 Å². The highest BCUT2D eigenvalue weighted by molar-refractivity contribution is 5.01. The van der Waals surface area contributed by atoms with Gasteiger partial charge in [-0.15, -0.1) is 11.8 Å². The van der Waals surface area contributed by atoms with Gasteiger partial charge in [-0.05, 0) is 12.0 Å². The predicted molar refractivity (Wildman–Crippen MR) is 93.5 cm³/mol. The van der Waals surface area contributed by atoms with Crippen molar-refractivity contribution in [1.82, 2.24) is 0 Å². The molecule has 0 aliphatic carbocycles. The van der Waals surface area contributed by atoms with E-state index >= 15 is 0 Å². The Bertz CT molecular complexity index is 340. The molecule has 0 saturated heterocycles. The van der Waals surface area contributed by atoms with E-state index in [4.69, 9.17) is 10.6 Å². The van der Waals surface area contributed by atoms with Gasteiger partial charge in [0.25, 0.3) is 0 Å². The summed E-state index contributed by atoms with van der Waals surface area (Å²) in [5, 5.41) is 12.4. The number of nitrogens with zero attached hydrogens (tertiary/aromatic N) is 3. The third kappa shape index (κ3) is 15.2. The first kappa shape index (κ1) is 20.8. The Morgan fingerprint density at radius 1 is 0.909 bits per heavy atom. The van der Waals surface area contributed by atoms with Gasteiger partial charge in [-0.2, -0.15) is 0 Å². The molecule has 0 aromatic heterocycles. The van der Waals surface area contributed by atoms with Gasteiger partial charge < -0.3 is 5.11 Å². The maximum absolute atomic E-state index is 8.93. The normalized spacial score (nSPS) is 11.4. The van der Waals surface area contributed by atoms with Gasteiger partial charge in [0.2, 0.25) is 0 Å². The molecular weight excluding hydrogens is 274 g/mol. The third-order valence-electron chi connectivity index (χ3n) is 3.79. The van der Waals surface area contributed by atoms with Crippen LogP contribution in [0.1, 0.15) is 90.4 Å². The molecule has 0 rings (SSSR count). The number of rotatable bonds is 14. The summed E-state index contributed by atoms with van der Waals surface area (Å²) in [5.41, 5.74) is 8.28. The fraction of sp³-hybridized carbons (Fsp3) is 0.889. The maximum atomic E-state index is 8.93. The monoisotopic (exact) mass is 307 g/mol. The van der Waals surface area contributed by atoms with Crippen molar-refractivity contribution in [3.63, 3.8) is 0 Å². The SMILES string of the molecule is CCCCCCCCCCCCCC#CC[C@H](CO)N=[N+]=[N-]. The second kappa shape index (κ2) is 17.9. The summed E-state index contributed by atoms with van der Waals surface area (Å²) in [5.74, 6) is 6.08. The zero-order valence-electron chi connectivity index (χ0n) is 14.3. The van der Waals surface area contributed by atoms with E-state index in [1.807, 2.05) is 0 Å². The highest BCUT2D eigenvalue weighted by Crippen LogP contribution is 2.11. The van der Waals surface area contributed by atoms with E-state index in [0.29, 0.717) is 6.42 Å². The predicted octanol–water partition coefficient (Wildman–Crippen LogP) is 5.75. The lowest BCUT2D eigenvalue weighted by Gasteiger charge is -2.01. The molecule has 0 saturated carbocycles. The number of hydrogen-bond acceptors (Lipinski definition) is 2. The van der Waals surface area contributed by atoms with Crippen LogP contribution < -0.4 is 0 Å². The van der Waals surface area contributed by atoms with E-state index in [2.05, 4.69) is 28.8 Å². The standard InChI is InChI=1S/C18H33N3O/c1-2-3-4-5-6-7-8-9-10-11-12-13-14-15-16-18(17-22)20-21-19/h18,22H,2-13,16-17H2,1H3/t18-/m1/s1. The topological polar surface area (TPSA) is 69.0 Å². The lowest BCUT2D eigenvalue weighted by molar-refractivity contribution is 0.267. The van der Waals surface area contributed by atoms with Crippen LogP contribution in [-0.2, 0) is 0 Å². The van der Waals surface area contributed by atoms with Gasteiger partial charge in [0.05, 0.1) is 12.6 Å². The minimum Gasteiger partial charge on any atom is -0.396 e. The molecule has 0 radical (unpaired) electrons. The first-order chi connectivity index (χ1) is 10.8. The van der Waals surface area contributed by atoms with Gasteiger partial charge >= 0.3 is 0 Å². The second-order valence-corrected chi connectivity index (χ2v) is 5.88. The number of aliphatic hydroxyl groups is 1. The summed E-state index contributed by atoms with van der Waals surface area (Å²) >= 11 is 0. The molecule has 0 aromatic rings. The molecule has 0 fully saturated rings. The largest absolute Gasteiger partial charge is 0.396 e. The molecule has 0 aromatic carbocycles. The van der Waals surface area contributed by atoms with Crippen molar-refractivity contribution in [1.29, 1.82) is 0 Å². The van der Waals surface area contributed by atoms with Crippen molar-refractivity contribution < 1.29 is 5.11 Å². The molecule has 1 N–H and O–H groups in total. The first-order valence-electron chi connectivity index (χ1n) is 8.96. The van der Waals surface area contributed by atoms with E-state index in [0.717, 1.165) is 12.8 Å². The molecule has 0 spiro atoms. The smallest absolute Gasteiger partial charge is 0.0714 e. The fourth-order valence-corrected chi connectivity index (χ4v) is 2.37. The Balaban J connectivity index is 3.28. The molecule has 0 amide bonds. The number of hydrogen-bond donors (Lipinski definition) is 1. The highest BCUT2D eigenvalue weighted by Gasteiger charge is 2.00. The highest BCUT2D eigenvalue weighted by atomic mass is 16.3. The van der Waals surface area contributed by atoms with Crippen LogP contribution in [0.4, 0.5) is 0 Å². The summed E-state index contributed by atoms with van der Waals surface area (Å²) in [6, 6.07) is -0.394. The molecule has 0 aliphatic heterocycles. The Hall–Kier alpha value is -1.17. The van der Waals surface area contributed by atoms with Crippen molar-refractivity contribution in [3.8, 4) is 11.8 Å². The minimum atomic E-state index is -0.394. The van der Waals surface area contributed by atoms with Crippen LogP contribution >= 0.6 is 0 Å². The van der Waals surface area contributed by atoms with Crippen LogP contribution in [0.5, 0.6) is 0 Å². The van der Waals surface area contributed by atoms with E-state index in [1.165, 1.54) is 64.2 Å². The zero-order valence-corrected chi connectivity index (χ0v) is 14.3.